The summed E-state index contributed by atoms with van der Waals surface area (Å²) in [6.45, 7) is 2.47. The fourth-order valence-corrected chi connectivity index (χ4v) is 2.82. The minimum Gasteiger partial charge on any atom is -0.480 e. The molecule has 1 rings (SSSR count). The molecule has 7 nitrogen and oxygen atoms in total. The smallest absolute Gasteiger partial charge is 0.322 e. The molecule has 0 radical (unpaired) electrons. The standard InChI is InChI=1S/C17H28N2O5/c1-2-3-4-5-6-7-8-10-19-11-9-13(20)15(17(19)24)16(23)18-12-14(21)22/h15H,2-12H2,1H3,(H,18,23)(H,21,22). The van der Waals surface area contributed by atoms with Gasteiger partial charge in [-0.2, -0.15) is 0 Å². The predicted octanol–water partition coefficient (Wildman–Crippen LogP) is 1.36. The number of rotatable bonds is 11. The number of aliphatic carboxylic acids is 1. The molecule has 1 saturated heterocycles. The molecular weight excluding hydrogens is 312 g/mol. The first-order valence-corrected chi connectivity index (χ1v) is 8.78. The SMILES string of the molecule is CCCCCCCCCN1CCC(=O)C(C(=O)NCC(=O)O)C1=O. The van der Waals surface area contributed by atoms with E-state index in [2.05, 4.69) is 12.2 Å². The van der Waals surface area contributed by atoms with Gasteiger partial charge in [0.2, 0.25) is 11.8 Å². The van der Waals surface area contributed by atoms with E-state index in [4.69, 9.17) is 5.11 Å². The lowest BCUT2D eigenvalue weighted by atomic mass is 9.94. The van der Waals surface area contributed by atoms with Crippen LogP contribution in [0.1, 0.15) is 58.3 Å². The molecule has 7 heteroatoms. The van der Waals surface area contributed by atoms with E-state index in [1.807, 2.05) is 0 Å². The van der Waals surface area contributed by atoms with E-state index in [9.17, 15) is 19.2 Å². The van der Waals surface area contributed by atoms with Crippen molar-refractivity contribution in [3.8, 4) is 0 Å². The molecule has 2 amide bonds. The van der Waals surface area contributed by atoms with Gasteiger partial charge in [-0.1, -0.05) is 45.4 Å². The van der Waals surface area contributed by atoms with E-state index in [0.717, 1.165) is 19.3 Å². The first-order valence-electron chi connectivity index (χ1n) is 8.78. The van der Waals surface area contributed by atoms with E-state index in [-0.39, 0.29) is 6.42 Å². The third-order valence-corrected chi connectivity index (χ3v) is 4.22. The van der Waals surface area contributed by atoms with Crippen LogP contribution < -0.4 is 5.32 Å². The van der Waals surface area contributed by atoms with Crippen LogP contribution in [-0.4, -0.2) is 53.2 Å². The second-order valence-electron chi connectivity index (χ2n) is 6.21. The number of carbonyl (C=O) groups is 4. The normalized spacial score (nSPS) is 17.9. The zero-order valence-electron chi connectivity index (χ0n) is 14.4. The minimum absolute atomic E-state index is 0.146. The van der Waals surface area contributed by atoms with Crippen molar-refractivity contribution >= 4 is 23.6 Å². The Morgan fingerprint density at radius 2 is 1.75 bits per heavy atom. The van der Waals surface area contributed by atoms with Crippen molar-refractivity contribution in [1.29, 1.82) is 0 Å². The highest BCUT2D eigenvalue weighted by Crippen LogP contribution is 2.16. The molecule has 1 atom stereocenters. The quantitative estimate of drug-likeness (QED) is 0.436. The van der Waals surface area contributed by atoms with Gasteiger partial charge in [-0.3, -0.25) is 19.2 Å². The van der Waals surface area contributed by atoms with Crippen LogP contribution >= 0.6 is 0 Å². The summed E-state index contributed by atoms with van der Waals surface area (Å²) in [5.41, 5.74) is 0. The summed E-state index contributed by atoms with van der Waals surface area (Å²) in [6.07, 6.45) is 8.05. The largest absolute Gasteiger partial charge is 0.480 e. The summed E-state index contributed by atoms with van der Waals surface area (Å²) in [7, 11) is 0. The number of hydrogen-bond donors (Lipinski definition) is 2. The average Bonchev–Trinajstić information content (AvgIpc) is 2.54. The van der Waals surface area contributed by atoms with E-state index in [1.54, 1.807) is 4.90 Å². The lowest BCUT2D eigenvalue weighted by Gasteiger charge is -2.30. The number of nitrogens with one attached hydrogen (secondary N) is 1. The highest BCUT2D eigenvalue weighted by molar-refractivity contribution is 6.19. The molecule has 0 saturated carbocycles. The maximum atomic E-state index is 12.3. The van der Waals surface area contributed by atoms with Crippen LogP contribution in [0, 0.1) is 5.92 Å². The number of hydrogen-bond acceptors (Lipinski definition) is 4. The van der Waals surface area contributed by atoms with E-state index in [1.165, 1.54) is 25.7 Å². The lowest BCUT2D eigenvalue weighted by molar-refractivity contribution is -0.152. The molecule has 0 aromatic carbocycles. The maximum absolute atomic E-state index is 12.3. The van der Waals surface area contributed by atoms with Crippen LogP contribution in [0.4, 0.5) is 0 Å². The van der Waals surface area contributed by atoms with Gasteiger partial charge in [0.05, 0.1) is 0 Å². The molecular formula is C17H28N2O5. The van der Waals surface area contributed by atoms with Gasteiger partial charge >= 0.3 is 5.97 Å². The number of unbranched alkanes of at least 4 members (excludes halogenated alkanes) is 6. The zero-order chi connectivity index (χ0) is 17.9. The zero-order valence-corrected chi connectivity index (χ0v) is 14.4. The molecule has 1 aliphatic rings. The molecule has 2 N–H and O–H groups in total. The number of piperidine rings is 1. The lowest BCUT2D eigenvalue weighted by Crippen LogP contribution is -2.52. The number of likely N-dealkylation sites (tertiary alicyclic amines) is 1. The third kappa shape index (κ3) is 6.68. The molecule has 0 aromatic rings. The molecule has 24 heavy (non-hydrogen) atoms. The van der Waals surface area contributed by atoms with Crippen molar-refractivity contribution in [2.24, 2.45) is 5.92 Å². The van der Waals surface area contributed by atoms with Crippen molar-refractivity contribution < 1.29 is 24.3 Å². The van der Waals surface area contributed by atoms with Crippen LogP contribution in [-0.2, 0) is 19.2 Å². The average molecular weight is 340 g/mol. The van der Waals surface area contributed by atoms with Crippen LogP contribution in [0.25, 0.3) is 0 Å². The molecule has 0 aromatic heterocycles. The van der Waals surface area contributed by atoms with Gasteiger partial charge in [0, 0.05) is 19.5 Å². The first-order chi connectivity index (χ1) is 11.5. The van der Waals surface area contributed by atoms with Crippen LogP contribution in [0.3, 0.4) is 0 Å². The molecule has 0 aliphatic carbocycles. The minimum atomic E-state index is -1.39. The maximum Gasteiger partial charge on any atom is 0.322 e. The van der Waals surface area contributed by atoms with Gasteiger partial charge in [-0.25, -0.2) is 0 Å². The summed E-state index contributed by atoms with van der Waals surface area (Å²) in [4.78, 5) is 48.1. The summed E-state index contributed by atoms with van der Waals surface area (Å²) in [5, 5.41) is 10.7. The van der Waals surface area contributed by atoms with Gasteiger partial charge in [-0.15, -0.1) is 0 Å². The van der Waals surface area contributed by atoms with Gasteiger partial charge in [0.1, 0.15) is 6.54 Å². The highest BCUT2D eigenvalue weighted by Gasteiger charge is 2.40. The van der Waals surface area contributed by atoms with Crippen molar-refractivity contribution in [2.75, 3.05) is 19.6 Å². The van der Waals surface area contributed by atoms with Crippen LogP contribution in [0.2, 0.25) is 0 Å². The predicted molar refractivity (Wildman–Crippen MR) is 88.3 cm³/mol. The molecule has 1 unspecified atom stereocenters. The Labute approximate surface area is 142 Å². The second kappa shape index (κ2) is 10.8. The molecule has 1 heterocycles. The van der Waals surface area contributed by atoms with Gasteiger partial charge in [-0.05, 0) is 6.42 Å². The number of amides is 2. The number of carboxylic acid groups (broad SMARTS) is 1. The van der Waals surface area contributed by atoms with Crippen molar-refractivity contribution in [3.63, 3.8) is 0 Å². The highest BCUT2D eigenvalue weighted by atomic mass is 16.4. The monoisotopic (exact) mass is 340 g/mol. The van der Waals surface area contributed by atoms with Crippen LogP contribution in [0.5, 0.6) is 0 Å². The number of carbonyl (C=O) groups excluding carboxylic acids is 3. The fourth-order valence-electron chi connectivity index (χ4n) is 2.82. The number of nitrogens with zero attached hydrogens (tertiary/aromatic N) is 1. The number of carboxylic acids is 1. The Hall–Kier alpha value is -1.92. The first kappa shape index (κ1) is 20.1. The molecule has 136 valence electrons. The number of Topliss-reactive ketones (excluding diaryl/α,β-unsaturated/α-hetero) is 1. The Balaban J connectivity index is 2.39. The van der Waals surface area contributed by atoms with Gasteiger partial charge in [0.15, 0.2) is 11.7 Å². The summed E-state index contributed by atoms with van der Waals surface area (Å²) >= 11 is 0. The van der Waals surface area contributed by atoms with Gasteiger partial charge < -0.3 is 15.3 Å². The Morgan fingerprint density at radius 3 is 2.38 bits per heavy atom. The summed E-state index contributed by atoms with van der Waals surface area (Å²) < 4.78 is 0. The van der Waals surface area contributed by atoms with Crippen molar-refractivity contribution in [3.05, 3.63) is 0 Å². The molecule has 1 fully saturated rings. The molecule has 1 aliphatic heterocycles. The molecule has 0 spiro atoms. The van der Waals surface area contributed by atoms with E-state index < -0.39 is 36.0 Å². The number of ketones is 1. The Morgan fingerprint density at radius 1 is 1.12 bits per heavy atom. The summed E-state index contributed by atoms with van der Waals surface area (Å²) in [5.74, 6) is -4.34. The van der Waals surface area contributed by atoms with E-state index >= 15 is 0 Å². The Kier molecular flexibility index (Phi) is 9.04. The summed E-state index contributed by atoms with van der Waals surface area (Å²) in [6, 6.07) is 0. The fraction of sp³-hybridized carbons (Fsp3) is 0.765. The molecule has 0 bridgehead atoms. The van der Waals surface area contributed by atoms with Crippen molar-refractivity contribution in [1.82, 2.24) is 10.2 Å². The topological polar surface area (TPSA) is 104 Å². The van der Waals surface area contributed by atoms with Crippen molar-refractivity contribution in [2.45, 2.75) is 58.3 Å². The van der Waals surface area contributed by atoms with Crippen LogP contribution in [0.15, 0.2) is 0 Å². The second-order valence-corrected chi connectivity index (χ2v) is 6.21. The van der Waals surface area contributed by atoms with E-state index in [0.29, 0.717) is 13.1 Å². The Bertz CT molecular complexity index is 464. The third-order valence-electron chi connectivity index (χ3n) is 4.22. The van der Waals surface area contributed by atoms with Gasteiger partial charge in [0.25, 0.3) is 0 Å².